The van der Waals surface area contributed by atoms with Crippen molar-refractivity contribution in [3.05, 3.63) is 30.3 Å². The zero-order valence-corrected chi connectivity index (χ0v) is 9.81. The van der Waals surface area contributed by atoms with Gasteiger partial charge < -0.3 is 9.47 Å². The number of esters is 1. The topological polar surface area (TPSA) is 35.5 Å². The fraction of sp³-hybridized carbons (Fsp3) is 0.462. The molecule has 0 heterocycles. The number of benzene rings is 1. The highest BCUT2D eigenvalue weighted by Crippen LogP contribution is 2.10. The fourth-order valence-corrected chi connectivity index (χ4v) is 1.25. The van der Waals surface area contributed by atoms with Crippen molar-refractivity contribution in [3.63, 3.8) is 0 Å². The summed E-state index contributed by atoms with van der Waals surface area (Å²) in [6, 6.07) is 9.50. The van der Waals surface area contributed by atoms with Crippen LogP contribution in [0.2, 0.25) is 0 Å². The lowest BCUT2D eigenvalue weighted by atomic mass is 10.3. The largest absolute Gasteiger partial charge is 0.487 e. The second-order valence-corrected chi connectivity index (χ2v) is 3.67. The van der Waals surface area contributed by atoms with Crippen LogP contribution in [0.25, 0.3) is 0 Å². The molecule has 0 aromatic heterocycles. The van der Waals surface area contributed by atoms with Crippen molar-refractivity contribution in [3.8, 4) is 5.75 Å². The number of para-hydroxylation sites is 1. The lowest BCUT2D eigenvalue weighted by Gasteiger charge is -2.14. The van der Waals surface area contributed by atoms with E-state index < -0.39 is 0 Å². The molecule has 0 aliphatic rings. The molecule has 0 aliphatic heterocycles. The maximum Gasteiger partial charge on any atom is 0.305 e. The monoisotopic (exact) mass is 222 g/mol. The number of rotatable bonds is 6. The van der Waals surface area contributed by atoms with Crippen LogP contribution in [0, 0.1) is 0 Å². The standard InChI is InChI=1S/C13H18O3/c1-3-7-13(14)15-10-11(2)16-12-8-5-4-6-9-12/h4-6,8-9,11H,3,7,10H2,1-2H3/t11-/m0/s1. The predicted octanol–water partition coefficient (Wildman–Crippen LogP) is 2.80. The van der Waals surface area contributed by atoms with E-state index in [9.17, 15) is 4.79 Å². The maximum atomic E-state index is 11.1. The van der Waals surface area contributed by atoms with Gasteiger partial charge in [0.05, 0.1) is 0 Å². The van der Waals surface area contributed by atoms with E-state index in [1.807, 2.05) is 44.2 Å². The quantitative estimate of drug-likeness (QED) is 0.694. The summed E-state index contributed by atoms with van der Waals surface area (Å²) in [5, 5.41) is 0. The lowest BCUT2D eigenvalue weighted by Crippen LogP contribution is -2.21. The molecule has 16 heavy (non-hydrogen) atoms. The van der Waals surface area contributed by atoms with Gasteiger partial charge in [-0.15, -0.1) is 0 Å². The van der Waals surface area contributed by atoms with Crippen LogP contribution in [0.4, 0.5) is 0 Å². The van der Waals surface area contributed by atoms with Crippen LogP contribution < -0.4 is 4.74 Å². The van der Waals surface area contributed by atoms with E-state index in [1.165, 1.54) is 0 Å². The fourth-order valence-electron chi connectivity index (χ4n) is 1.25. The van der Waals surface area contributed by atoms with Crippen LogP contribution in [0.15, 0.2) is 30.3 Å². The summed E-state index contributed by atoms with van der Waals surface area (Å²) in [5.74, 6) is 0.632. The average molecular weight is 222 g/mol. The van der Waals surface area contributed by atoms with Gasteiger partial charge in [-0.05, 0) is 25.5 Å². The number of ether oxygens (including phenoxy) is 2. The van der Waals surface area contributed by atoms with Gasteiger partial charge in [0.25, 0.3) is 0 Å². The van der Waals surface area contributed by atoms with Gasteiger partial charge in [-0.25, -0.2) is 0 Å². The first kappa shape index (κ1) is 12.6. The molecule has 1 atom stereocenters. The second kappa shape index (κ2) is 6.88. The lowest BCUT2D eigenvalue weighted by molar-refractivity contribution is -0.145. The van der Waals surface area contributed by atoms with Crippen LogP contribution in [-0.2, 0) is 9.53 Å². The van der Waals surface area contributed by atoms with Crippen molar-refractivity contribution in [1.29, 1.82) is 0 Å². The molecule has 0 N–H and O–H groups in total. The molecule has 1 aromatic rings. The molecule has 88 valence electrons. The average Bonchev–Trinajstić information content (AvgIpc) is 2.28. The highest BCUT2D eigenvalue weighted by Gasteiger charge is 2.07. The highest BCUT2D eigenvalue weighted by molar-refractivity contribution is 5.69. The van der Waals surface area contributed by atoms with Gasteiger partial charge in [0.2, 0.25) is 0 Å². The first-order valence-corrected chi connectivity index (χ1v) is 5.59. The number of carbonyl (C=O) groups is 1. The second-order valence-electron chi connectivity index (χ2n) is 3.67. The first-order valence-electron chi connectivity index (χ1n) is 5.59. The SMILES string of the molecule is CCCC(=O)OC[C@H](C)Oc1ccccc1. The van der Waals surface area contributed by atoms with E-state index in [1.54, 1.807) is 0 Å². The molecule has 0 spiro atoms. The van der Waals surface area contributed by atoms with Gasteiger partial charge in [-0.2, -0.15) is 0 Å². The van der Waals surface area contributed by atoms with Crippen molar-refractivity contribution >= 4 is 5.97 Å². The summed E-state index contributed by atoms with van der Waals surface area (Å²) in [4.78, 5) is 11.1. The van der Waals surface area contributed by atoms with Crippen molar-refractivity contribution < 1.29 is 14.3 Å². The van der Waals surface area contributed by atoms with E-state index in [2.05, 4.69) is 0 Å². The third kappa shape index (κ3) is 4.82. The highest BCUT2D eigenvalue weighted by atomic mass is 16.6. The van der Waals surface area contributed by atoms with Gasteiger partial charge in [0.1, 0.15) is 18.5 Å². The van der Waals surface area contributed by atoms with Gasteiger partial charge in [0.15, 0.2) is 0 Å². The summed E-state index contributed by atoms with van der Waals surface area (Å²) in [5.41, 5.74) is 0. The molecule has 0 amide bonds. The minimum absolute atomic E-state index is 0.122. The molecule has 1 rings (SSSR count). The smallest absolute Gasteiger partial charge is 0.305 e. The number of hydrogen-bond donors (Lipinski definition) is 0. The van der Waals surface area contributed by atoms with Crippen LogP contribution in [0.3, 0.4) is 0 Å². The van der Waals surface area contributed by atoms with Crippen LogP contribution in [0.5, 0.6) is 5.75 Å². The number of hydrogen-bond acceptors (Lipinski definition) is 3. The molecule has 0 fully saturated rings. The van der Waals surface area contributed by atoms with E-state index in [-0.39, 0.29) is 12.1 Å². The van der Waals surface area contributed by atoms with Crippen LogP contribution in [0.1, 0.15) is 26.7 Å². The number of carbonyl (C=O) groups excluding carboxylic acids is 1. The summed E-state index contributed by atoms with van der Waals surface area (Å²) in [6.07, 6.45) is 1.16. The van der Waals surface area contributed by atoms with Crippen LogP contribution >= 0.6 is 0 Å². The minimum Gasteiger partial charge on any atom is -0.487 e. The molecule has 3 nitrogen and oxygen atoms in total. The Labute approximate surface area is 96.4 Å². The molecular weight excluding hydrogens is 204 g/mol. The molecule has 0 radical (unpaired) electrons. The summed E-state index contributed by atoms with van der Waals surface area (Å²) >= 11 is 0. The Morgan fingerprint density at radius 3 is 2.62 bits per heavy atom. The Balaban J connectivity index is 2.26. The van der Waals surface area contributed by atoms with E-state index >= 15 is 0 Å². The molecule has 0 saturated heterocycles. The molecule has 0 aliphatic carbocycles. The molecule has 0 unspecified atom stereocenters. The molecule has 3 heteroatoms. The van der Waals surface area contributed by atoms with E-state index in [0.717, 1.165) is 12.2 Å². The van der Waals surface area contributed by atoms with Crippen molar-refractivity contribution in [2.75, 3.05) is 6.61 Å². The van der Waals surface area contributed by atoms with Gasteiger partial charge in [-0.1, -0.05) is 25.1 Å². The van der Waals surface area contributed by atoms with Gasteiger partial charge in [0, 0.05) is 6.42 Å². The van der Waals surface area contributed by atoms with Gasteiger partial charge >= 0.3 is 5.97 Å². The van der Waals surface area contributed by atoms with Crippen molar-refractivity contribution in [2.24, 2.45) is 0 Å². The Bertz CT molecular complexity index is 308. The summed E-state index contributed by atoms with van der Waals surface area (Å²) in [7, 11) is 0. The molecular formula is C13H18O3. The first-order chi connectivity index (χ1) is 7.72. The Morgan fingerprint density at radius 1 is 1.31 bits per heavy atom. The maximum absolute atomic E-state index is 11.1. The van der Waals surface area contributed by atoms with Gasteiger partial charge in [-0.3, -0.25) is 4.79 Å². The summed E-state index contributed by atoms with van der Waals surface area (Å²) < 4.78 is 10.6. The minimum atomic E-state index is -0.161. The normalized spacial score (nSPS) is 11.9. The summed E-state index contributed by atoms with van der Waals surface area (Å²) in [6.45, 7) is 4.13. The Morgan fingerprint density at radius 2 is 2.00 bits per heavy atom. The van der Waals surface area contributed by atoms with E-state index in [4.69, 9.17) is 9.47 Å². The van der Waals surface area contributed by atoms with Crippen molar-refractivity contribution in [1.82, 2.24) is 0 Å². The van der Waals surface area contributed by atoms with Crippen molar-refractivity contribution in [2.45, 2.75) is 32.8 Å². The molecule has 1 aromatic carbocycles. The molecule has 0 bridgehead atoms. The third-order valence-corrected chi connectivity index (χ3v) is 2.01. The predicted molar refractivity (Wildman–Crippen MR) is 62.4 cm³/mol. The zero-order valence-electron chi connectivity index (χ0n) is 9.81. The third-order valence-electron chi connectivity index (χ3n) is 2.01. The zero-order chi connectivity index (χ0) is 11.8. The van der Waals surface area contributed by atoms with E-state index in [0.29, 0.717) is 13.0 Å². The Kier molecular flexibility index (Phi) is 5.40. The molecule has 0 saturated carbocycles. The van der Waals surface area contributed by atoms with Crippen LogP contribution in [-0.4, -0.2) is 18.7 Å². The Hall–Kier alpha value is -1.51.